The standard InChI is InChI=1S/C14H21N3O4/c1-14(2,3)21-13(20)16-10(12(18)19)8-17-7-6-15-11(17)9-4-5-9/h6-7,9-10H,4-5,8H2,1-3H3,(H,16,20)(H,18,19). The van der Waals surface area contributed by atoms with Crippen LogP contribution >= 0.6 is 0 Å². The second-order valence-electron chi connectivity index (χ2n) is 6.25. The molecule has 1 heterocycles. The number of rotatable bonds is 5. The highest BCUT2D eigenvalue weighted by molar-refractivity contribution is 5.79. The van der Waals surface area contributed by atoms with Gasteiger partial charge in [0.05, 0.1) is 6.54 Å². The Bertz CT molecular complexity index is 529. The third-order valence-electron chi connectivity index (χ3n) is 3.06. The molecule has 1 aliphatic carbocycles. The van der Waals surface area contributed by atoms with Crippen LogP contribution in [0.3, 0.4) is 0 Å². The predicted molar refractivity (Wildman–Crippen MR) is 75.0 cm³/mol. The molecule has 0 spiro atoms. The predicted octanol–water partition coefficient (Wildman–Crippen LogP) is 1.74. The van der Waals surface area contributed by atoms with E-state index in [0.29, 0.717) is 5.92 Å². The van der Waals surface area contributed by atoms with Crippen molar-refractivity contribution >= 4 is 12.1 Å². The molecule has 21 heavy (non-hydrogen) atoms. The zero-order valence-corrected chi connectivity index (χ0v) is 12.5. The van der Waals surface area contributed by atoms with Crippen LogP contribution < -0.4 is 5.32 Å². The first kappa shape index (κ1) is 15.3. The quantitative estimate of drug-likeness (QED) is 0.863. The fourth-order valence-electron chi connectivity index (χ4n) is 2.01. The highest BCUT2D eigenvalue weighted by atomic mass is 16.6. The topological polar surface area (TPSA) is 93.5 Å². The Morgan fingerprint density at radius 3 is 2.71 bits per heavy atom. The first-order valence-electron chi connectivity index (χ1n) is 6.99. The molecule has 1 amide bonds. The van der Waals surface area contributed by atoms with Crippen molar-refractivity contribution < 1.29 is 19.4 Å². The van der Waals surface area contributed by atoms with Crippen LogP contribution in [0.25, 0.3) is 0 Å². The van der Waals surface area contributed by atoms with Gasteiger partial charge in [-0.2, -0.15) is 0 Å². The smallest absolute Gasteiger partial charge is 0.408 e. The molecule has 1 aromatic rings. The monoisotopic (exact) mass is 295 g/mol. The van der Waals surface area contributed by atoms with Gasteiger partial charge >= 0.3 is 12.1 Å². The van der Waals surface area contributed by atoms with Crippen molar-refractivity contribution in [1.29, 1.82) is 0 Å². The summed E-state index contributed by atoms with van der Waals surface area (Å²) in [4.78, 5) is 27.3. The summed E-state index contributed by atoms with van der Waals surface area (Å²) in [7, 11) is 0. The van der Waals surface area contributed by atoms with Gasteiger partial charge in [0, 0.05) is 18.3 Å². The summed E-state index contributed by atoms with van der Waals surface area (Å²) in [6.07, 6.45) is 4.81. The van der Waals surface area contributed by atoms with Crippen LogP contribution in [-0.2, 0) is 16.1 Å². The van der Waals surface area contributed by atoms with E-state index in [-0.39, 0.29) is 6.54 Å². The molecule has 7 heteroatoms. The number of amides is 1. The first-order valence-corrected chi connectivity index (χ1v) is 6.99. The van der Waals surface area contributed by atoms with Crippen LogP contribution in [0.5, 0.6) is 0 Å². The van der Waals surface area contributed by atoms with E-state index in [9.17, 15) is 14.7 Å². The van der Waals surface area contributed by atoms with Crippen molar-refractivity contribution in [1.82, 2.24) is 14.9 Å². The largest absolute Gasteiger partial charge is 0.480 e. The Balaban J connectivity index is 2.00. The third kappa shape index (κ3) is 4.47. The summed E-state index contributed by atoms with van der Waals surface area (Å²) < 4.78 is 6.87. The van der Waals surface area contributed by atoms with Crippen molar-refractivity contribution in [2.24, 2.45) is 0 Å². The Hall–Kier alpha value is -2.05. The van der Waals surface area contributed by atoms with Gasteiger partial charge in [0.2, 0.25) is 0 Å². The van der Waals surface area contributed by atoms with Crippen molar-refractivity contribution in [3.8, 4) is 0 Å². The van der Waals surface area contributed by atoms with E-state index in [4.69, 9.17) is 4.74 Å². The van der Waals surface area contributed by atoms with Crippen LogP contribution in [0, 0.1) is 0 Å². The number of carbonyl (C=O) groups is 2. The molecule has 1 aliphatic rings. The molecule has 2 rings (SSSR count). The summed E-state index contributed by atoms with van der Waals surface area (Å²) in [6.45, 7) is 5.32. The fourth-order valence-corrected chi connectivity index (χ4v) is 2.01. The molecule has 2 N–H and O–H groups in total. The maximum absolute atomic E-state index is 11.7. The normalized spacial score (nSPS) is 16.3. The van der Waals surface area contributed by atoms with Gasteiger partial charge in [-0.1, -0.05) is 0 Å². The van der Waals surface area contributed by atoms with E-state index in [1.807, 2.05) is 0 Å². The number of hydrogen-bond acceptors (Lipinski definition) is 4. The van der Waals surface area contributed by atoms with Crippen molar-refractivity contribution in [3.63, 3.8) is 0 Å². The molecule has 0 bridgehead atoms. The fraction of sp³-hybridized carbons (Fsp3) is 0.643. The summed E-state index contributed by atoms with van der Waals surface area (Å²) >= 11 is 0. The Morgan fingerprint density at radius 1 is 1.52 bits per heavy atom. The lowest BCUT2D eigenvalue weighted by Gasteiger charge is -2.22. The summed E-state index contributed by atoms with van der Waals surface area (Å²) in [5.41, 5.74) is -0.665. The van der Waals surface area contributed by atoms with Crippen LogP contribution in [0.2, 0.25) is 0 Å². The number of imidazole rings is 1. The molecule has 1 unspecified atom stereocenters. The summed E-state index contributed by atoms with van der Waals surface area (Å²) in [5, 5.41) is 11.6. The van der Waals surface area contributed by atoms with Crippen molar-refractivity contribution in [3.05, 3.63) is 18.2 Å². The maximum Gasteiger partial charge on any atom is 0.408 e. The van der Waals surface area contributed by atoms with Crippen LogP contribution in [-0.4, -0.2) is 38.4 Å². The Morgan fingerprint density at radius 2 is 2.19 bits per heavy atom. The number of carbonyl (C=O) groups excluding carboxylic acids is 1. The molecule has 0 aliphatic heterocycles. The molecule has 1 fully saturated rings. The Labute approximate surface area is 123 Å². The minimum atomic E-state index is -1.10. The van der Waals surface area contributed by atoms with Gasteiger partial charge in [0.15, 0.2) is 0 Å². The molecule has 0 radical (unpaired) electrons. The maximum atomic E-state index is 11.7. The molecule has 1 aromatic heterocycles. The van der Waals surface area contributed by atoms with Gasteiger partial charge in [0.1, 0.15) is 17.5 Å². The van der Waals surface area contributed by atoms with Gasteiger partial charge in [-0.15, -0.1) is 0 Å². The SMILES string of the molecule is CC(C)(C)OC(=O)NC(Cn1ccnc1C1CC1)C(=O)O. The zero-order chi connectivity index (χ0) is 15.6. The summed E-state index contributed by atoms with van der Waals surface area (Å²) in [6, 6.07) is -1.05. The zero-order valence-electron chi connectivity index (χ0n) is 12.5. The average Bonchev–Trinajstić information content (AvgIpc) is 3.06. The lowest BCUT2D eigenvalue weighted by atomic mass is 10.2. The van der Waals surface area contributed by atoms with E-state index in [0.717, 1.165) is 18.7 Å². The number of aromatic nitrogens is 2. The molecule has 116 valence electrons. The molecular weight excluding hydrogens is 274 g/mol. The van der Waals surface area contributed by atoms with Crippen LogP contribution in [0.1, 0.15) is 45.4 Å². The summed E-state index contributed by atoms with van der Waals surface area (Å²) in [5.74, 6) is 0.194. The first-order chi connectivity index (χ1) is 9.76. The number of nitrogens with zero attached hydrogens (tertiary/aromatic N) is 2. The van der Waals surface area contributed by atoms with E-state index in [1.54, 1.807) is 37.7 Å². The molecule has 1 atom stereocenters. The molecule has 0 aromatic carbocycles. The number of nitrogens with one attached hydrogen (secondary N) is 1. The van der Waals surface area contributed by atoms with Gasteiger partial charge in [-0.05, 0) is 33.6 Å². The highest BCUT2D eigenvalue weighted by Gasteiger charge is 2.30. The number of hydrogen-bond donors (Lipinski definition) is 2. The van der Waals surface area contributed by atoms with Crippen molar-refractivity contribution in [2.75, 3.05) is 0 Å². The second kappa shape index (κ2) is 5.75. The van der Waals surface area contributed by atoms with Gasteiger partial charge < -0.3 is 19.7 Å². The molecule has 7 nitrogen and oxygen atoms in total. The minimum absolute atomic E-state index is 0.139. The average molecular weight is 295 g/mol. The van der Waals surface area contributed by atoms with E-state index < -0.39 is 23.7 Å². The third-order valence-corrected chi connectivity index (χ3v) is 3.06. The number of ether oxygens (including phenoxy) is 1. The van der Waals surface area contributed by atoms with Crippen molar-refractivity contribution in [2.45, 2.75) is 57.7 Å². The van der Waals surface area contributed by atoms with E-state index in [2.05, 4.69) is 10.3 Å². The lowest BCUT2D eigenvalue weighted by molar-refractivity contribution is -0.139. The number of carboxylic acids is 1. The lowest BCUT2D eigenvalue weighted by Crippen LogP contribution is -2.45. The highest BCUT2D eigenvalue weighted by Crippen LogP contribution is 2.38. The van der Waals surface area contributed by atoms with Crippen LogP contribution in [0.15, 0.2) is 12.4 Å². The van der Waals surface area contributed by atoms with Gasteiger partial charge in [-0.3, -0.25) is 0 Å². The molecule has 1 saturated carbocycles. The number of carboxylic acid groups (broad SMARTS) is 1. The van der Waals surface area contributed by atoms with E-state index >= 15 is 0 Å². The number of alkyl carbamates (subject to hydrolysis) is 1. The van der Waals surface area contributed by atoms with E-state index in [1.165, 1.54) is 0 Å². The van der Waals surface area contributed by atoms with Gasteiger partial charge in [0.25, 0.3) is 0 Å². The second-order valence-corrected chi connectivity index (χ2v) is 6.25. The minimum Gasteiger partial charge on any atom is -0.480 e. The van der Waals surface area contributed by atoms with Crippen LogP contribution in [0.4, 0.5) is 4.79 Å². The van der Waals surface area contributed by atoms with Gasteiger partial charge in [-0.25, -0.2) is 14.6 Å². The number of aliphatic carboxylic acids is 1. The molecular formula is C14H21N3O4. The molecule has 0 saturated heterocycles. The Kier molecular flexibility index (Phi) is 4.20.